The summed E-state index contributed by atoms with van der Waals surface area (Å²) >= 11 is 1.65. The lowest BCUT2D eigenvalue weighted by atomic mass is 9.99. The Kier molecular flexibility index (Phi) is 4.69. The van der Waals surface area contributed by atoms with Crippen LogP contribution >= 0.6 is 11.3 Å². The summed E-state index contributed by atoms with van der Waals surface area (Å²) in [7, 11) is 0. The first-order chi connectivity index (χ1) is 8.76. The molecule has 0 amide bonds. The van der Waals surface area contributed by atoms with Gasteiger partial charge in [-0.25, -0.2) is 0 Å². The molecule has 0 aliphatic carbocycles. The van der Waals surface area contributed by atoms with Gasteiger partial charge in [0.15, 0.2) is 0 Å². The molecule has 0 saturated carbocycles. The van der Waals surface area contributed by atoms with E-state index in [0.717, 1.165) is 16.8 Å². The van der Waals surface area contributed by atoms with Gasteiger partial charge in [-0.15, -0.1) is 11.3 Å². The highest BCUT2D eigenvalue weighted by Gasteiger charge is 2.20. The predicted octanol–water partition coefficient (Wildman–Crippen LogP) is 3.27. The van der Waals surface area contributed by atoms with Gasteiger partial charge in [0, 0.05) is 10.7 Å². The monoisotopic (exact) mass is 267 g/mol. The largest absolute Gasteiger partial charge is 0.387 e. The van der Waals surface area contributed by atoms with Crippen molar-refractivity contribution in [2.75, 3.05) is 13.2 Å². The summed E-state index contributed by atoms with van der Waals surface area (Å²) in [6.45, 7) is 2.26. The zero-order chi connectivity index (χ0) is 13.0. The van der Waals surface area contributed by atoms with Crippen molar-refractivity contribution in [3.8, 4) is 0 Å². The Labute approximate surface area is 110 Å². The number of alkyl halides is 1. The van der Waals surface area contributed by atoms with Crippen molar-refractivity contribution in [2.24, 2.45) is 0 Å². The average molecular weight is 267 g/mol. The lowest BCUT2D eigenvalue weighted by molar-refractivity contribution is 0.120. The van der Waals surface area contributed by atoms with Crippen LogP contribution in [0.3, 0.4) is 0 Å². The van der Waals surface area contributed by atoms with Gasteiger partial charge in [0.25, 0.3) is 0 Å². The summed E-state index contributed by atoms with van der Waals surface area (Å²) in [4.78, 5) is 0. The van der Waals surface area contributed by atoms with Crippen LogP contribution in [-0.2, 0) is 0 Å². The van der Waals surface area contributed by atoms with E-state index in [2.05, 4.69) is 11.4 Å². The molecule has 0 saturated heterocycles. The first-order valence-electron chi connectivity index (χ1n) is 6.20. The summed E-state index contributed by atoms with van der Waals surface area (Å²) in [6, 6.07) is 7.75. The normalized spacial score (nSPS) is 14.8. The van der Waals surface area contributed by atoms with Crippen LogP contribution < -0.4 is 5.32 Å². The van der Waals surface area contributed by atoms with Crippen molar-refractivity contribution in [3.05, 3.63) is 35.2 Å². The summed E-state index contributed by atoms with van der Waals surface area (Å²) in [5.41, 5.74) is 0.851. The maximum Gasteiger partial charge on any atom is 0.0944 e. The minimum Gasteiger partial charge on any atom is -0.387 e. The van der Waals surface area contributed by atoms with Crippen LogP contribution in [0.15, 0.2) is 29.6 Å². The van der Waals surface area contributed by atoms with Gasteiger partial charge < -0.3 is 10.4 Å². The first-order valence-corrected chi connectivity index (χ1v) is 7.08. The van der Waals surface area contributed by atoms with Crippen LogP contribution in [0.5, 0.6) is 0 Å². The van der Waals surface area contributed by atoms with E-state index in [1.165, 1.54) is 5.39 Å². The van der Waals surface area contributed by atoms with Gasteiger partial charge in [-0.05, 0) is 41.4 Å². The van der Waals surface area contributed by atoms with Gasteiger partial charge in [-0.2, -0.15) is 0 Å². The first kappa shape index (κ1) is 13.5. The fourth-order valence-electron chi connectivity index (χ4n) is 2.14. The molecule has 0 radical (unpaired) electrons. The lowest BCUT2D eigenvalue weighted by Crippen LogP contribution is -2.35. The Morgan fingerprint density at radius 1 is 1.39 bits per heavy atom. The number of benzene rings is 1. The van der Waals surface area contributed by atoms with Crippen molar-refractivity contribution >= 4 is 21.4 Å². The van der Waals surface area contributed by atoms with Crippen molar-refractivity contribution in [2.45, 2.75) is 25.5 Å². The Morgan fingerprint density at radius 3 is 2.94 bits per heavy atom. The van der Waals surface area contributed by atoms with Gasteiger partial charge >= 0.3 is 0 Å². The number of hydrogen-bond acceptors (Lipinski definition) is 3. The molecule has 0 aliphatic heterocycles. The molecule has 98 valence electrons. The maximum absolute atomic E-state index is 12.5. The Morgan fingerprint density at radius 2 is 2.22 bits per heavy atom. The van der Waals surface area contributed by atoms with Gasteiger partial charge in [0.2, 0.25) is 0 Å². The fourth-order valence-corrected chi connectivity index (χ4v) is 2.98. The second-order valence-corrected chi connectivity index (χ2v) is 5.25. The molecule has 0 fully saturated rings. The highest BCUT2D eigenvalue weighted by Crippen LogP contribution is 2.27. The maximum atomic E-state index is 12.5. The van der Waals surface area contributed by atoms with Gasteiger partial charge in [0.1, 0.15) is 0 Å². The van der Waals surface area contributed by atoms with E-state index < -0.39 is 12.8 Å². The zero-order valence-corrected chi connectivity index (χ0v) is 11.2. The number of halogens is 1. The number of hydrogen-bond donors (Lipinski definition) is 2. The Hall–Kier alpha value is -0.970. The third-order valence-electron chi connectivity index (χ3n) is 3.09. The van der Waals surface area contributed by atoms with Crippen LogP contribution in [0.2, 0.25) is 0 Å². The van der Waals surface area contributed by atoms with Crippen LogP contribution in [0.1, 0.15) is 25.0 Å². The number of rotatable bonds is 6. The van der Waals surface area contributed by atoms with Crippen molar-refractivity contribution in [1.82, 2.24) is 5.32 Å². The predicted molar refractivity (Wildman–Crippen MR) is 74.8 cm³/mol. The number of aliphatic hydroxyl groups is 1. The Bertz CT molecular complexity index is 493. The molecule has 2 aromatic rings. The molecule has 2 atom stereocenters. The van der Waals surface area contributed by atoms with Crippen LogP contribution in [0, 0.1) is 0 Å². The minimum absolute atomic E-state index is 0.225. The van der Waals surface area contributed by atoms with Gasteiger partial charge in [-0.1, -0.05) is 19.1 Å². The number of likely N-dealkylation sites (N-methyl/N-ethyl adjacent to an activating group) is 1. The molecule has 18 heavy (non-hydrogen) atoms. The third kappa shape index (κ3) is 2.88. The van der Waals surface area contributed by atoms with E-state index in [4.69, 9.17) is 0 Å². The van der Waals surface area contributed by atoms with Crippen LogP contribution in [0.4, 0.5) is 4.39 Å². The van der Waals surface area contributed by atoms with E-state index in [0.29, 0.717) is 6.42 Å². The molecular formula is C14H18FNOS. The van der Waals surface area contributed by atoms with E-state index in [1.807, 2.05) is 30.5 Å². The second kappa shape index (κ2) is 6.27. The zero-order valence-electron chi connectivity index (χ0n) is 10.4. The van der Waals surface area contributed by atoms with Crippen molar-refractivity contribution < 1.29 is 9.50 Å². The Balaban J connectivity index is 2.21. The minimum atomic E-state index is -0.660. The lowest BCUT2D eigenvalue weighted by Gasteiger charge is -2.23. The SMILES string of the molecule is CCNC(CCF)C(O)c1ccc2ccsc2c1. The molecular weight excluding hydrogens is 249 g/mol. The molecule has 0 bridgehead atoms. The standard InChI is InChI=1S/C14H18FNOS/c1-2-16-12(5-7-15)14(17)11-4-3-10-6-8-18-13(10)9-11/h3-4,6,8-9,12,14,16-17H,2,5,7H2,1H3. The van der Waals surface area contributed by atoms with Gasteiger partial charge in [-0.3, -0.25) is 4.39 Å². The molecule has 0 aliphatic rings. The summed E-state index contributed by atoms with van der Waals surface area (Å²) in [5.74, 6) is 0. The van der Waals surface area contributed by atoms with Crippen molar-refractivity contribution in [3.63, 3.8) is 0 Å². The molecule has 1 aromatic carbocycles. The van der Waals surface area contributed by atoms with Gasteiger partial charge in [0.05, 0.1) is 12.8 Å². The molecule has 2 N–H and O–H groups in total. The number of thiophene rings is 1. The smallest absolute Gasteiger partial charge is 0.0944 e. The molecule has 2 nitrogen and oxygen atoms in total. The molecule has 2 rings (SSSR count). The van der Waals surface area contributed by atoms with E-state index in [9.17, 15) is 9.50 Å². The van der Waals surface area contributed by atoms with E-state index >= 15 is 0 Å². The van der Waals surface area contributed by atoms with Crippen molar-refractivity contribution in [1.29, 1.82) is 0 Å². The van der Waals surface area contributed by atoms with Crippen LogP contribution in [0.25, 0.3) is 10.1 Å². The average Bonchev–Trinajstić information content (AvgIpc) is 2.84. The molecule has 1 heterocycles. The molecule has 4 heteroatoms. The van der Waals surface area contributed by atoms with E-state index in [1.54, 1.807) is 11.3 Å². The molecule has 1 aromatic heterocycles. The number of nitrogens with one attached hydrogen (secondary N) is 1. The highest BCUT2D eigenvalue weighted by atomic mass is 32.1. The number of aliphatic hydroxyl groups excluding tert-OH is 1. The fraction of sp³-hybridized carbons (Fsp3) is 0.429. The molecule has 2 unspecified atom stereocenters. The quantitative estimate of drug-likeness (QED) is 0.842. The van der Waals surface area contributed by atoms with Crippen LogP contribution in [-0.4, -0.2) is 24.4 Å². The second-order valence-electron chi connectivity index (χ2n) is 4.30. The number of fused-ring (bicyclic) bond motifs is 1. The third-order valence-corrected chi connectivity index (χ3v) is 3.97. The summed E-state index contributed by atoms with van der Waals surface area (Å²) < 4.78 is 13.7. The summed E-state index contributed by atoms with van der Waals surface area (Å²) in [6.07, 6.45) is -0.329. The van der Waals surface area contributed by atoms with E-state index in [-0.39, 0.29) is 6.04 Å². The summed E-state index contributed by atoms with van der Waals surface area (Å²) in [5, 5.41) is 16.7. The highest BCUT2D eigenvalue weighted by molar-refractivity contribution is 7.17. The molecule has 0 spiro atoms. The topological polar surface area (TPSA) is 32.3 Å².